The van der Waals surface area contributed by atoms with Crippen molar-refractivity contribution in [2.75, 3.05) is 5.73 Å². The number of carboxylic acids is 1. The Morgan fingerprint density at radius 3 is 2.16 bits per heavy atom. The van der Waals surface area contributed by atoms with Crippen LogP contribution in [0.2, 0.25) is 10.0 Å². The van der Waals surface area contributed by atoms with E-state index in [1.54, 1.807) is 12.1 Å². The molecule has 0 radical (unpaired) electrons. The Bertz CT molecular complexity index is 567. The van der Waals surface area contributed by atoms with Crippen molar-refractivity contribution in [1.29, 1.82) is 0 Å². The van der Waals surface area contributed by atoms with Gasteiger partial charge in [0, 0.05) is 18.2 Å². The van der Waals surface area contributed by atoms with E-state index < -0.39 is 5.97 Å². The lowest BCUT2D eigenvalue weighted by molar-refractivity contribution is -0.134. The van der Waals surface area contributed by atoms with Crippen molar-refractivity contribution >= 4 is 34.9 Å². The molecule has 100 valence electrons. The van der Waals surface area contributed by atoms with Crippen molar-refractivity contribution in [3.05, 3.63) is 52.5 Å². The number of rotatable bonds is 1. The van der Waals surface area contributed by atoms with Crippen LogP contribution < -0.4 is 5.73 Å². The Hall–Kier alpha value is -1.71. The van der Waals surface area contributed by atoms with Crippen molar-refractivity contribution in [3.63, 3.8) is 0 Å². The minimum Gasteiger partial charge on any atom is -0.481 e. The number of nitrogens with two attached hydrogens (primary N) is 1. The zero-order chi connectivity index (χ0) is 14.4. The van der Waals surface area contributed by atoms with E-state index in [9.17, 15) is 0 Å². The van der Waals surface area contributed by atoms with Crippen molar-refractivity contribution in [1.82, 2.24) is 0 Å². The van der Waals surface area contributed by atoms with Gasteiger partial charge in [-0.05, 0) is 17.7 Å². The van der Waals surface area contributed by atoms with Gasteiger partial charge in [0.15, 0.2) is 0 Å². The monoisotopic (exact) mass is 297 g/mol. The molecule has 2 aromatic rings. The van der Waals surface area contributed by atoms with Gasteiger partial charge in [0.25, 0.3) is 5.97 Å². The van der Waals surface area contributed by atoms with E-state index in [4.69, 9.17) is 38.8 Å². The molecule has 3 N–H and O–H groups in total. The topological polar surface area (TPSA) is 63.3 Å². The second kappa shape index (κ2) is 7.02. The van der Waals surface area contributed by atoms with E-state index >= 15 is 0 Å². The number of carbonyl (C=O) groups is 1. The highest BCUT2D eigenvalue weighted by Crippen LogP contribution is 2.37. The minimum atomic E-state index is -0.833. The molecule has 0 fully saturated rings. The van der Waals surface area contributed by atoms with Crippen LogP contribution in [0.1, 0.15) is 6.92 Å². The van der Waals surface area contributed by atoms with Gasteiger partial charge < -0.3 is 10.8 Å². The lowest BCUT2D eigenvalue weighted by Gasteiger charge is -2.09. The van der Waals surface area contributed by atoms with Crippen LogP contribution >= 0.6 is 23.2 Å². The van der Waals surface area contributed by atoms with Crippen LogP contribution in [0.25, 0.3) is 11.1 Å². The highest BCUT2D eigenvalue weighted by molar-refractivity contribution is 6.44. The maximum absolute atomic E-state index is 9.00. The first-order valence-corrected chi connectivity index (χ1v) is 6.17. The largest absolute Gasteiger partial charge is 0.481 e. The molecule has 0 atom stereocenters. The van der Waals surface area contributed by atoms with Gasteiger partial charge in [-0.2, -0.15) is 0 Å². The molecule has 5 heteroatoms. The standard InChI is InChI=1S/C12H9Cl2N.C2H4O2/c13-9-6-7-10(15)11(12(9)14)8-4-2-1-3-5-8;1-2(3)4/h1-7H,15H2;1H3,(H,3,4). The maximum atomic E-state index is 9.00. The summed E-state index contributed by atoms with van der Waals surface area (Å²) >= 11 is 12.1. The van der Waals surface area contributed by atoms with Crippen LogP contribution in [0.5, 0.6) is 0 Å². The molecule has 0 aromatic heterocycles. The Kier molecular flexibility index (Phi) is 5.67. The summed E-state index contributed by atoms with van der Waals surface area (Å²) in [4.78, 5) is 9.00. The molecule has 0 aliphatic rings. The first-order valence-electron chi connectivity index (χ1n) is 5.42. The van der Waals surface area contributed by atoms with Gasteiger partial charge >= 0.3 is 0 Å². The fourth-order valence-electron chi connectivity index (χ4n) is 1.46. The van der Waals surface area contributed by atoms with Gasteiger partial charge in [0.05, 0.1) is 10.0 Å². The molecule has 0 saturated heterocycles. The van der Waals surface area contributed by atoms with E-state index in [0.717, 1.165) is 18.1 Å². The van der Waals surface area contributed by atoms with Gasteiger partial charge in [0.1, 0.15) is 0 Å². The molecule has 0 heterocycles. The minimum absolute atomic E-state index is 0.503. The highest BCUT2D eigenvalue weighted by atomic mass is 35.5. The van der Waals surface area contributed by atoms with Crippen molar-refractivity contribution in [2.24, 2.45) is 0 Å². The summed E-state index contributed by atoms with van der Waals surface area (Å²) in [6.45, 7) is 1.08. The summed E-state index contributed by atoms with van der Waals surface area (Å²) < 4.78 is 0. The van der Waals surface area contributed by atoms with Crippen molar-refractivity contribution in [2.45, 2.75) is 6.92 Å². The number of halogens is 2. The molecular weight excluding hydrogens is 285 g/mol. The summed E-state index contributed by atoms with van der Waals surface area (Å²) in [5, 5.41) is 8.44. The quantitative estimate of drug-likeness (QED) is 0.770. The molecule has 0 unspecified atom stereocenters. The van der Waals surface area contributed by atoms with Crippen LogP contribution in [0.15, 0.2) is 42.5 Å². The molecule has 19 heavy (non-hydrogen) atoms. The molecule has 0 amide bonds. The number of nitrogen functional groups attached to an aromatic ring is 1. The zero-order valence-corrected chi connectivity index (χ0v) is 11.7. The number of carboxylic acid groups (broad SMARTS) is 1. The van der Waals surface area contributed by atoms with Gasteiger partial charge in [-0.25, -0.2) is 0 Å². The normalized spacial score (nSPS) is 9.42. The second-order valence-electron chi connectivity index (χ2n) is 3.71. The fraction of sp³-hybridized carbons (Fsp3) is 0.0714. The highest BCUT2D eigenvalue weighted by Gasteiger charge is 2.10. The Morgan fingerprint density at radius 1 is 1.11 bits per heavy atom. The van der Waals surface area contributed by atoms with Crippen LogP contribution in [-0.4, -0.2) is 11.1 Å². The lowest BCUT2D eigenvalue weighted by Crippen LogP contribution is -1.91. The molecule has 0 aliphatic carbocycles. The average molecular weight is 298 g/mol. The molecule has 2 rings (SSSR count). The van der Waals surface area contributed by atoms with Gasteiger partial charge in [-0.15, -0.1) is 0 Å². The van der Waals surface area contributed by atoms with Crippen LogP contribution in [0.3, 0.4) is 0 Å². The molecule has 0 saturated carbocycles. The average Bonchev–Trinajstić information content (AvgIpc) is 2.35. The predicted molar refractivity (Wildman–Crippen MR) is 79.6 cm³/mol. The maximum Gasteiger partial charge on any atom is 0.300 e. The molecule has 2 aromatic carbocycles. The number of hydrogen-bond acceptors (Lipinski definition) is 2. The molecule has 0 spiro atoms. The number of hydrogen-bond donors (Lipinski definition) is 2. The first kappa shape index (κ1) is 15.3. The summed E-state index contributed by atoms with van der Waals surface area (Å²) in [5.74, 6) is -0.833. The van der Waals surface area contributed by atoms with Crippen molar-refractivity contribution < 1.29 is 9.90 Å². The third kappa shape index (κ3) is 4.47. The zero-order valence-electron chi connectivity index (χ0n) is 10.2. The first-order chi connectivity index (χ1) is 8.93. The summed E-state index contributed by atoms with van der Waals surface area (Å²) in [5.41, 5.74) is 8.28. The Morgan fingerprint density at radius 2 is 1.63 bits per heavy atom. The van der Waals surface area contributed by atoms with E-state index in [1.807, 2.05) is 30.3 Å². The Labute approximate surface area is 121 Å². The number of aliphatic carboxylic acids is 1. The second-order valence-corrected chi connectivity index (χ2v) is 4.50. The molecular formula is C14H13Cl2NO2. The van der Waals surface area contributed by atoms with E-state index in [0.29, 0.717) is 15.7 Å². The fourth-order valence-corrected chi connectivity index (χ4v) is 1.90. The number of anilines is 1. The van der Waals surface area contributed by atoms with Crippen LogP contribution in [0.4, 0.5) is 5.69 Å². The predicted octanol–water partition coefficient (Wildman–Crippen LogP) is 4.33. The lowest BCUT2D eigenvalue weighted by atomic mass is 10.0. The summed E-state index contributed by atoms with van der Waals surface area (Å²) in [7, 11) is 0. The van der Waals surface area contributed by atoms with Gasteiger partial charge in [-0.3, -0.25) is 4.79 Å². The van der Waals surface area contributed by atoms with E-state index in [2.05, 4.69) is 0 Å². The smallest absolute Gasteiger partial charge is 0.300 e. The van der Waals surface area contributed by atoms with Crippen molar-refractivity contribution in [3.8, 4) is 11.1 Å². The molecule has 0 aliphatic heterocycles. The third-order valence-corrected chi connectivity index (χ3v) is 2.99. The van der Waals surface area contributed by atoms with Gasteiger partial charge in [0.2, 0.25) is 0 Å². The Balaban J connectivity index is 0.000000399. The molecule has 3 nitrogen and oxygen atoms in total. The SMILES string of the molecule is CC(=O)O.Nc1ccc(Cl)c(Cl)c1-c1ccccc1. The van der Waals surface area contributed by atoms with Gasteiger partial charge in [-0.1, -0.05) is 53.5 Å². The summed E-state index contributed by atoms with van der Waals surface area (Å²) in [6.07, 6.45) is 0. The third-order valence-electron chi connectivity index (χ3n) is 2.19. The van der Waals surface area contributed by atoms with E-state index in [-0.39, 0.29) is 0 Å². The summed E-state index contributed by atoms with van der Waals surface area (Å²) in [6, 6.07) is 13.2. The number of benzene rings is 2. The molecule has 0 bridgehead atoms. The van der Waals surface area contributed by atoms with Crippen LogP contribution in [-0.2, 0) is 4.79 Å². The van der Waals surface area contributed by atoms with E-state index in [1.165, 1.54) is 0 Å². The van der Waals surface area contributed by atoms with Crippen LogP contribution in [0, 0.1) is 0 Å².